The van der Waals surface area contributed by atoms with Crippen LogP contribution in [0.3, 0.4) is 0 Å². The SMILES string of the molecule is CCOC(=O)c1ccc(N(CC(O)COc2ccc(N=Nc3ccc([N+](=O)[O-])cc3)nc2)C2CCNCC2)nc1. The van der Waals surface area contributed by atoms with Crippen LogP contribution in [0, 0.1) is 10.1 Å². The topological polar surface area (TPSA) is 165 Å². The van der Waals surface area contributed by atoms with E-state index < -0.39 is 17.0 Å². The number of nitro groups is 1. The number of azo groups is 1. The molecule has 0 spiro atoms. The number of carbonyl (C=O) groups excluding carboxylic acids is 1. The van der Waals surface area contributed by atoms with Crippen LogP contribution in [-0.4, -0.2) is 71.0 Å². The van der Waals surface area contributed by atoms with Crippen LogP contribution < -0.4 is 15.0 Å². The van der Waals surface area contributed by atoms with E-state index in [4.69, 9.17) is 9.47 Å². The Hall–Kier alpha value is -4.49. The van der Waals surface area contributed by atoms with Gasteiger partial charge in [-0.3, -0.25) is 10.1 Å². The van der Waals surface area contributed by atoms with Gasteiger partial charge in [-0.2, -0.15) is 0 Å². The molecule has 0 radical (unpaired) electrons. The molecule has 4 rings (SSSR count). The Labute approximate surface area is 231 Å². The van der Waals surface area contributed by atoms with E-state index in [9.17, 15) is 20.0 Å². The van der Waals surface area contributed by atoms with Crippen LogP contribution in [0.15, 0.2) is 71.2 Å². The molecule has 1 fully saturated rings. The number of nitro benzene ring substituents is 1. The van der Waals surface area contributed by atoms with Crippen LogP contribution in [0.1, 0.15) is 30.1 Å². The van der Waals surface area contributed by atoms with E-state index in [0.29, 0.717) is 41.8 Å². The van der Waals surface area contributed by atoms with Crippen molar-refractivity contribution in [3.8, 4) is 5.75 Å². The van der Waals surface area contributed by atoms with Gasteiger partial charge in [0, 0.05) is 30.9 Å². The van der Waals surface area contributed by atoms with Crippen molar-refractivity contribution in [1.29, 1.82) is 0 Å². The van der Waals surface area contributed by atoms with Gasteiger partial charge in [0.2, 0.25) is 0 Å². The second kappa shape index (κ2) is 14.1. The maximum absolute atomic E-state index is 12.0. The number of anilines is 1. The number of nitrogens with zero attached hydrogens (tertiary/aromatic N) is 6. The highest BCUT2D eigenvalue weighted by Gasteiger charge is 2.25. The van der Waals surface area contributed by atoms with Crippen molar-refractivity contribution in [2.24, 2.45) is 10.2 Å². The average Bonchev–Trinajstić information content (AvgIpc) is 2.99. The number of ether oxygens (including phenoxy) is 2. The molecular weight excluding hydrogens is 518 g/mol. The van der Waals surface area contributed by atoms with Gasteiger partial charge in [0.1, 0.15) is 24.3 Å². The third-order valence-electron chi connectivity index (χ3n) is 6.20. The van der Waals surface area contributed by atoms with E-state index in [-0.39, 0.29) is 18.3 Å². The number of aliphatic hydroxyl groups excluding tert-OH is 1. The van der Waals surface area contributed by atoms with Gasteiger partial charge in [-0.05, 0) is 69.3 Å². The van der Waals surface area contributed by atoms with Gasteiger partial charge in [0.25, 0.3) is 5.69 Å². The van der Waals surface area contributed by atoms with E-state index in [1.54, 1.807) is 31.2 Å². The maximum atomic E-state index is 12.0. The van der Waals surface area contributed by atoms with Gasteiger partial charge >= 0.3 is 5.97 Å². The predicted molar refractivity (Wildman–Crippen MR) is 146 cm³/mol. The lowest BCUT2D eigenvalue weighted by molar-refractivity contribution is -0.384. The van der Waals surface area contributed by atoms with Crippen molar-refractivity contribution in [2.75, 3.05) is 37.7 Å². The maximum Gasteiger partial charge on any atom is 0.339 e. The number of pyridine rings is 2. The number of esters is 1. The zero-order chi connectivity index (χ0) is 28.3. The summed E-state index contributed by atoms with van der Waals surface area (Å²) in [6.07, 6.45) is 3.96. The summed E-state index contributed by atoms with van der Waals surface area (Å²) in [5, 5.41) is 33.0. The van der Waals surface area contributed by atoms with Crippen molar-refractivity contribution in [3.05, 3.63) is 76.6 Å². The van der Waals surface area contributed by atoms with Crippen LogP contribution in [0.5, 0.6) is 5.75 Å². The molecule has 13 nitrogen and oxygen atoms in total. The first-order chi connectivity index (χ1) is 19.4. The molecule has 1 unspecified atom stereocenters. The lowest BCUT2D eigenvalue weighted by atomic mass is 10.0. The first-order valence-corrected chi connectivity index (χ1v) is 13.0. The second-order valence-corrected chi connectivity index (χ2v) is 9.05. The minimum atomic E-state index is -0.817. The number of piperidine rings is 1. The molecule has 1 saturated heterocycles. The van der Waals surface area contributed by atoms with Crippen molar-refractivity contribution >= 4 is 29.0 Å². The molecule has 2 N–H and O–H groups in total. The van der Waals surface area contributed by atoms with Gasteiger partial charge in [0.05, 0.1) is 29.0 Å². The minimum absolute atomic E-state index is 0.0252. The van der Waals surface area contributed by atoms with Crippen LogP contribution in [0.25, 0.3) is 0 Å². The number of aromatic nitrogens is 2. The molecule has 1 atom stereocenters. The average molecular weight is 550 g/mol. The predicted octanol–water partition coefficient (Wildman–Crippen LogP) is 3.98. The Bertz CT molecular complexity index is 1280. The van der Waals surface area contributed by atoms with Crippen molar-refractivity contribution in [3.63, 3.8) is 0 Å². The molecule has 210 valence electrons. The quantitative estimate of drug-likeness (QED) is 0.146. The number of nitrogens with one attached hydrogen (secondary N) is 1. The third-order valence-corrected chi connectivity index (χ3v) is 6.20. The molecule has 3 heterocycles. The Morgan fingerprint density at radius 3 is 2.52 bits per heavy atom. The molecule has 0 saturated carbocycles. The van der Waals surface area contributed by atoms with E-state index in [2.05, 4.69) is 30.4 Å². The number of rotatable bonds is 12. The van der Waals surface area contributed by atoms with Gasteiger partial charge in [0.15, 0.2) is 5.82 Å². The van der Waals surface area contributed by atoms with Gasteiger partial charge < -0.3 is 24.8 Å². The number of benzene rings is 1. The third kappa shape index (κ3) is 8.01. The summed E-state index contributed by atoms with van der Waals surface area (Å²) in [5.41, 5.74) is 0.810. The highest BCUT2D eigenvalue weighted by Crippen LogP contribution is 2.23. The summed E-state index contributed by atoms with van der Waals surface area (Å²) < 4.78 is 10.8. The fourth-order valence-corrected chi connectivity index (χ4v) is 4.18. The number of carbonyl (C=O) groups is 1. The lowest BCUT2D eigenvalue weighted by Crippen LogP contribution is -2.47. The molecule has 13 heteroatoms. The summed E-state index contributed by atoms with van der Waals surface area (Å²) in [5.74, 6) is 1.04. The fourth-order valence-electron chi connectivity index (χ4n) is 4.18. The van der Waals surface area contributed by atoms with Crippen molar-refractivity contribution in [2.45, 2.75) is 31.9 Å². The number of aliphatic hydroxyl groups is 1. The summed E-state index contributed by atoms with van der Waals surface area (Å²) in [7, 11) is 0. The highest BCUT2D eigenvalue weighted by atomic mass is 16.6. The molecule has 0 aliphatic carbocycles. The molecule has 0 amide bonds. The molecule has 40 heavy (non-hydrogen) atoms. The summed E-state index contributed by atoms with van der Waals surface area (Å²) in [4.78, 5) is 33.0. The van der Waals surface area contributed by atoms with Crippen LogP contribution >= 0.6 is 0 Å². The van der Waals surface area contributed by atoms with Crippen molar-refractivity contribution in [1.82, 2.24) is 15.3 Å². The van der Waals surface area contributed by atoms with Gasteiger partial charge in [-0.25, -0.2) is 14.8 Å². The largest absolute Gasteiger partial charge is 0.489 e. The lowest BCUT2D eigenvalue weighted by Gasteiger charge is -2.36. The molecule has 1 aliphatic rings. The van der Waals surface area contributed by atoms with Gasteiger partial charge in [-0.1, -0.05) is 0 Å². The number of non-ortho nitro benzene ring substituents is 1. The van der Waals surface area contributed by atoms with Crippen molar-refractivity contribution < 1.29 is 24.3 Å². The summed E-state index contributed by atoms with van der Waals surface area (Å²) in [6.45, 7) is 4.11. The Balaban J connectivity index is 1.34. The normalized spacial score (nSPS) is 14.6. The molecule has 1 aliphatic heterocycles. The molecule has 3 aromatic rings. The molecular formula is C27H31N7O6. The monoisotopic (exact) mass is 549 g/mol. The molecule has 1 aromatic carbocycles. The Kier molecular flexibility index (Phi) is 10.0. The molecule has 2 aromatic heterocycles. The van der Waals surface area contributed by atoms with Crippen LogP contribution in [0.2, 0.25) is 0 Å². The van der Waals surface area contributed by atoms with E-state index in [1.807, 2.05) is 0 Å². The smallest absolute Gasteiger partial charge is 0.339 e. The molecule has 0 bridgehead atoms. The summed E-state index contributed by atoms with van der Waals surface area (Å²) in [6, 6.07) is 12.6. The minimum Gasteiger partial charge on any atom is -0.489 e. The van der Waals surface area contributed by atoms with E-state index >= 15 is 0 Å². The first kappa shape index (κ1) is 28.5. The van der Waals surface area contributed by atoms with E-state index in [0.717, 1.165) is 25.9 Å². The van der Waals surface area contributed by atoms with Crippen LogP contribution in [0.4, 0.5) is 23.0 Å². The van der Waals surface area contributed by atoms with E-state index in [1.165, 1.54) is 36.7 Å². The van der Waals surface area contributed by atoms with Gasteiger partial charge in [-0.15, -0.1) is 10.2 Å². The standard InChI is InChI=1S/C27H31N7O6/c1-2-39-27(36)19-3-10-26(30-15-19)33(21-11-13-28-14-12-21)17-23(35)18-40-24-8-9-25(29-16-24)32-31-20-4-6-22(7-5-20)34(37)38/h3-10,15-16,21,23,28,35H,2,11-14,17-18H2,1H3. The zero-order valence-corrected chi connectivity index (χ0v) is 22.0. The highest BCUT2D eigenvalue weighted by molar-refractivity contribution is 5.89. The second-order valence-electron chi connectivity index (χ2n) is 9.05. The number of hydrogen-bond acceptors (Lipinski definition) is 12. The summed E-state index contributed by atoms with van der Waals surface area (Å²) >= 11 is 0. The van der Waals surface area contributed by atoms with Crippen LogP contribution in [-0.2, 0) is 4.74 Å². The first-order valence-electron chi connectivity index (χ1n) is 13.0. The number of hydrogen-bond donors (Lipinski definition) is 2. The fraction of sp³-hybridized carbons (Fsp3) is 0.370. The zero-order valence-electron chi connectivity index (χ0n) is 22.0. The Morgan fingerprint density at radius 2 is 1.90 bits per heavy atom. The Morgan fingerprint density at radius 1 is 1.12 bits per heavy atom.